The Kier molecular flexibility index (Phi) is 6.23. The predicted molar refractivity (Wildman–Crippen MR) is 86.0 cm³/mol. The molecule has 1 heterocycles. The first kappa shape index (κ1) is 19.7. The number of nitrogens with one attached hydrogen (secondary N) is 1. The van der Waals surface area contributed by atoms with Crippen molar-refractivity contribution in [2.75, 3.05) is 25.0 Å². The second-order valence-corrected chi connectivity index (χ2v) is 5.87. The maximum absolute atomic E-state index is 12.5. The summed E-state index contributed by atoms with van der Waals surface area (Å²) in [7, 11) is 0. The molecule has 2 amide bonds. The van der Waals surface area contributed by atoms with Gasteiger partial charge in [-0.2, -0.15) is 13.2 Å². The number of ether oxygens (including phenoxy) is 1. The molecule has 1 atom stereocenters. The van der Waals surface area contributed by atoms with Crippen LogP contribution in [0.4, 0.5) is 18.9 Å². The van der Waals surface area contributed by atoms with E-state index in [0.29, 0.717) is 19.4 Å². The number of amides is 2. The fraction of sp³-hybridized carbons (Fsp3) is 0.471. The summed E-state index contributed by atoms with van der Waals surface area (Å²) in [4.78, 5) is 37.3. The number of carbonyl (C=O) groups is 3. The molecule has 1 aromatic rings. The van der Waals surface area contributed by atoms with E-state index in [1.165, 1.54) is 4.90 Å². The number of esters is 1. The van der Waals surface area contributed by atoms with Crippen LogP contribution in [0.25, 0.3) is 0 Å². The fourth-order valence-corrected chi connectivity index (χ4v) is 2.68. The van der Waals surface area contributed by atoms with Crippen molar-refractivity contribution in [3.05, 3.63) is 29.8 Å². The number of rotatable bonds is 3. The van der Waals surface area contributed by atoms with E-state index in [-0.39, 0.29) is 18.8 Å². The molecule has 0 aliphatic carbocycles. The number of alkyl halides is 3. The maximum Gasteiger partial charge on any atom is 0.416 e. The third-order valence-electron chi connectivity index (χ3n) is 3.99. The Labute approximate surface area is 148 Å². The standard InChI is InChI=1S/C17H19F3N2O4/c1-2-26-16(25)11-4-3-9-22(10-11)15(24)14(23)21-13-7-5-12(6-8-13)17(18,19)20/h5-8,11H,2-4,9-10H2,1H3,(H,21,23). The van der Waals surface area contributed by atoms with Crippen LogP contribution in [0.5, 0.6) is 0 Å². The Morgan fingerprint density at radius 1 is 1.23 bits per heavy atom. The number of nitrogens with zero attached hydrogens (tertiary/aromatic N) is 1. The van der Waals surface area contributed by atoms with Gasteiger partial charge in [-0.05, 0) is 44.0 Å². The van der Waals surface area contributed by atoms with Gasteiger partial charge in [0.25, 0.3) is 0 Å². The Hall–Kier alpha value is -2.58. The van der Waals surface area contributed by atoms with Crippen molar-refractivity contribution in [2.24, 2.45) is 5.92 Å². The van der Waals surface area contributed by atoms with Gasteiger partial charge in [0.2, 0.25) is 0 Å². The Bertz CT molecular complexity index is 674. The van der Waals surface area contributed by atoms with Crippen LogP contribution in [0.3, 0.4) is 0 Å². The van der Waals surface area contributed by atoms with Gasteiger partial charge in [0, 0.05) is 18.8 Å². The minimum absolute atomic E-state index is 0.0790. The van der Waals surface area contributed by atoms with E-state index >= 15 is 0 Å². The zero-order valence-electron chi connectivity index (χ0n) is 14.1. The molecule has 26 heavy (non-hydrogen) atoms. The highest BCUT2D eigenvalue weighted by atomic mass is 19.4. The van der Waals surface area contributed by atoms with Gasteiger partial charge in [-0.1, -0.05) is 0 Å². The number of anilines is 1. The Morgan fingerprint density at radius 3 is 2.46 bits per heavy atom. The summed E-state index contributed by atoms with van der Waals surface area (Å²) in [5, 5.41) is 2.27. The van der Waals surface area contributed by atoms with Gasteiger partial charge in [0.15, 0.2) is 0 Å². The van der Waals surface area contributed by atoms with Crippen molar-refractivity contribution in [1.82, 2.24) is 4.90 Å². The van der Waals surface area contributed by atoms with Crippen molar-refractivity contribution in [3.8, 4) is 0 Å². The van der Waals surface area contributed by atoms with Crippen LogP contribution in [0.15, 0.2) is 24.3 Å². The molecule has 0 aromatic heterocycles. The molecular weight excluding hydrogens is 353 g/mol. The number of hydrogen-bond acceptors (Lipinski definition) is 4. The summed E-state index contributed by atoms with van der Waals surface area (Å²) >= 11 is 0. The van der Waals surface area contributed by atoms with E-state index < -0.39 is 35.4 Å². The maximum atomic E-state index is 12.5. The first-order valence-corrected chi connectivity index (χ1v) is 8.16. The highest BCUT2D eigenvalue weighted by Gasteiger charge is 2.32. The van der Waals surface area contributed by atoms with Crippen LogP contribution in [0.1, 0.15) is 25.3 Å². The SMILES string of the molecule is CCOC(=O)C1CCCN(C(=O)C(=O)Nc2ccc(C(F)(F)F)cc2)C1. The summed E-state index contributed by atoms with van der Waals surface area (Å²) in [5.41, 5.74) is -0.773. The third kappa shape index (κ3) is 4.96. The normalized spacial score (nSPS) is 17.5. The van der Waals surface area contributed by atoms with Gasteiger partial charge in [-0.15, -0.1) is 0 Å². The lowest BCUT2D eigenvalue weighted by atomic mass is 9.98. The summed E-state index contributed by atoms with van der Waals surface area (Å²) in [6.07, 6.45) is -3.35. The molecular formula is C17H19F3N2O4. The van der Waals surface area contributed by atoms with Crippen LogP contribution in [-0.2, 0) is 25.3 Å². The minimum Gasteiger partial charge on any atom is -0.466 e. The number of halogens is 3. The molecule has 9 heteroatoms. The van der Waals surface area contributed by atoms with E-state index in [1.54, 1.807) is 6.92 Å². The number of likely N-dealkylation sites (tertiary alicyclic amines) is 1. The largest absolute Gasteiger partial charge is 0.466 e. The predicted octanol–water partition coefficient (Wildman–Crippen LogP) is 2.45. The molecule has 6 nitrogen and oxygen atoms in total. The van der Waals surface area contributed by atoms with Crippen molar-refractivity contribution < 1.29 is 32.3 Å². The third-order valence-corrected chi connectivity index (χ3v) is 3.99. The van der Waals surface area contributed by atoms with E-state index in [4.69, 9.17) is 4.74 Å². The van der Waals surface area contributed by atoms with Crippen LogP contribution >= 0.6 is 0 Å². The highest BCUT2D eigenvalue weighted by molar-refractivity contribution is 6.39. The van der Waals surface area contributed by atoms with Crippen molar-refractivity contribution in [3.63, 3.8) is 0 Å². The summed E-state index contributed by atoms with van der Waals surface area (Å²) < 4.78 is 42.5. The quantitative estimate of drug-likeness (QED) is 0.653. The van der Waals surface area contributed by atoms with Crippen molar-refractivity contribution in [2.45, 2.75) is 25.9 Å². The molecule has 2 rings (SSSR count). The van der Waals surface area contributed by atoms with Crippen LogP contribution in [0, 0.1) is 5.92 Å². The van der Waals surface area contributed by atoms with E-state index in [9.17, 15) is 27.6 Å². The van der Waals surface area contributed by atoms with Gasteiger partial charge >= 0.3 is 24.0 Å². The molecule has 1 aliphatic rings. The molecule has 142 valence electrons. The van der Waals surface area contributed by atoms with Crippen LogP contribution in [-0.4, -0.2) is 42.4 Å². The average molecular weight is 372 g/mol. The molecule has 1 aromatic carbocycles. The molecule has 1 N–H and O–H groups in total. The zero-order chi connectivity index (χ0) is 19.3. The molecule has 1 aliphatic heterocycles. The van der Waals surface area contributed by atoms with Gasteiger partial charge in [-0.3, -0.25) is 14.4 Å². The number of benzene rings is 1. The van der Waals surface area contributed by atoms with E-state index in [2.05, 4.69) is 5.32 Å². The highest BCUT2D eigenvalue weighted by Crippen LogP contribution is 2.29. The summed E-state index contributed by atoms with van der Waals surface area (Å²) in [6.45, 7) is 2.33. The lowest BCUT2D eigenvalue weighted by molar-refractivity contribution is -0.153. The number of carbonyl (C=O) groups excluding carboxylic acids is 3. The molecule has 0 spiro atoms. The smallest absolute Gasteiger partial charge is 0.416 e. The van der Waals surface area contributed by atoms with Gasteiger partial charge in [-0.25, -0.2) is 0 Å². The lowest BCUT2D eigenvalue weighted by Crippen LogP contribution is -2.47. The Morgan fingerprint density at radius 2 is 1.88 bits per heavy atom. The molecule has 0 bridgehead atoms. The monoisotopic (exact) mass is 372 g/mol. The summed E-state index contributed by atoms with van der Waals surface area (Å²) in [5.74, 6) is -2.69. The number of hydrogen-bond donors (Lipinski definition) is 1. The molecule has 1 unspecified atom stereocenters. The topological polar surface area (TPSA) is 75.7 Å². The second-order valence-electron chi connectivity index (χ2n) is 5.87. The second kappa shape index (κ2) is 8.20. The van der Waals surface area contributed by atoms with Gasteiger partial charge < -0.3 is 15.0 Å². The zero-order valence-corrected chi connectivity index (χ0v) is 14.1. The first-order chi connectivity index (χ1) is 12.2. The Balaban J connectivity index is 1.96. The van der Waals surface area contributed by atoms with Crippen molar-refractivity contribution in [1.29, 1.82) is 0 Å². The van der Waals surface area contributed by atoms with E-state index in [1.807, 2.05) is 0 Å². The minimum atomic E-state index is -4.48. The lowest BCUT2D eigenvalue weighted by Gasteiger charge is -2.30. The van der Waals surface area contributed by atoms with Gasteiger partial charge in [0.1, 0.15) is 0 Å². The van der Waals surface area contributed by atoms with Crippen LogP contribution in [0.2, 0.25) is 0 Å². The fourth-order valence-electron chi connectivity index (χ4n) is 2.68. The molecule has 1 saturated heterocycles. The van der Waals surface area contributed by atoms with Gasteiger partial charge in [0.05, 0.1) is 18.1 Å². The number of piperidine rings is 1. The first-order valence-electron chi connectivity index (χ1n) is 8.16. The van der Waals surface area contributed by atoms with Crippen molar-refractivity contribution >= 4 is 23.5 Å². The van der Waals surface area contributed by atoms with E-state index in [0.717, 1.165) is 24.3 Å². The van der Waals surface area contributed by atoms with Crippen LogP contribution < -0.4 is 5.32 Å². The average Bonchev–Trinajstić information content (AvgIpc) is 2.61. The molecule has 0 saturated carbocycles. The summed E-state index contributed by atoms with van der Waals surface area (Å²) in [6, 6.07) is 3.78. The molecule has 0 radical (unpaired) electrons. The molecule has 1 fully saturated rings.